The summed E-state index contributed by atoms with van der Waals surface area (Å²) in [7, 11) is 0. The van der Waals surface area contributed by atoms with E-state index in [1.807, 2.05) is 18.2 Å². The molecule has 3 heteroatoms. The van der Waals surface area contributed by atoms with E-state index in [-0.39, 0.29) is 6.04 Å². The van der Waals surface area contributed by atoms with Crippen LogP contribution in [0.15, 0.2) is 24.3 Å². The highest BCUT2D eigenvalue weighted by atomic mass is 35.5. The number of halogens is 1. The first kappa shape index (κ1) is 11.9. The standard InChI is InChI=1S/C13H19ClN2/c14-12-9-5-4-8-11(12)13(16-15)10-6-2-1-3-7-10/h4-5,8-10,13,16H,1-3,6-7,15H2. The normalized spacial score (nSPS) is 19.6. The quantitative estimate of drug-likeness (QED) is 0.626. The van der Waals surface area contributed by atoms with Crippen LogP contribution in [0, 0.1) is 5.92 Å². The van der Waals surface area contributed by atoms with E-state index in [4.69, 9.17) is 17.4 Å². The predicted octanol–water partition coefficient (Wildman–Crippen LogP) is 3.42. The Morgan fingerprint density at radius 3 is 2.50 bits per heavy atom. The second-order valence-electron chi connectivity index (χ2n) is 4.56. The van der Waals surface area contributed by atoms with Crippen LogP contribution in [0.3, 0.4) is 0 Å². The fourth-order valence-corrected chi connectivity index (χ4v) is 2.93. The van der Waals surface area contributed by atoms with Crippen molar-refractivity contribution in [2.24, 2.45) is 11.8 Å². The Balaban J connectivity index is 2.18. The van der Waals surface area contributed by atoms with Crippen molar-refractivity contribution in [2.75, 3.05) is 0 Å². The number of nitrogens with one attached hydrogen (secondary N) is 1. The minimum absolute atomic E-state index is 0.203. The lowest BCUT2D eigenvalue weighted by atomic mass is 9.81. The summed E-state index contributed by atoms with van der Waals surface area (Å²) in [5.74, 6) is 6.32. The summed E-state index contributed by atoms with van der Waals surface area (Å²) in [6.07, 6.45) is 6.48. The van der Waals surface area contributed by atoms with Crippen molar-refractivity contribution < 1.29 is 0 Å². The predicted molar refractivity (Wildman–Crippen MR) is 68.1 cm³/mol. The van der Waals surface area contributed by atoms with Crippen LogP contribution in [0.2, 0.25) is 5.02 Å². The molecule has 0 aromatic heterocycles. The first-order valence-corrected chi connectivity index (χ1v) is 6.41. The molecule has 0 spiro atoms. The highest BCUT2D eigenvalue weighted by molar-refractivity contribution is 6.31. The maximum atomic E-state index is 6.22. The largest absolute Gasteiger partial charge is 0.271 e. The Kier molecular flexibility index (Phi) is 4.22. The Bertz CT molecular complexity index is 334. The molecule has 1 aliphatic carbocycles. The zero-order valence-corrected chi connectivity index (χ0v) is 10.2. The van der Waals surface area contributed by atoms with Gasteiger partial charge < -0.3 is 0 Å². The average molecular weight is 239 g/mol. The number of benzene rings is 1. The summed E-state index contributed by atoms with van der Waals surface area (Å²) < 4.78 is 0. The van der Waals surface area contributed by atoms with Crippen molar-refractivity contribution in [3.63, 3.8) is 0 Å². The molecule has 1 aromatic rings. The zero-order chi connectivity index (χ0) is 11.4. The van der Waals surface area contributed by atoms with E-state index in [0.717, 1.165) is 10.6 Å². The maximum absolute atomic E-state index is 6.22. The number of hydrazine groups is 1. The molecule has 0 amide bonds. The molecule has 88 valence electrons. The fraction of sp³-hybridized carbons (Fsp3) is 0.538. The molecule has 0 radical (unpaired) electrons. The Hall–Kier alpha value is -0.570. The molecule has 2 rings (SSSR count). The van der Waals surface area contributed by atoms with E-state index in [1.54, 1.807) is 0 Å². The van der Waals surface area contributed by atoms with E-state index in [1.165, 1.54) is 32.1 Å². The van der Waals surface area contributed by atoms with Gasteiger partial charge in [-0.1, -0.05) is 49.1 Å². The smallest absolute Gasteiger partial charge is 0.0502 e. The van der Waals surface area contributed by atoms with Crippen molar-refractivity contribution in [3.05, 3.63) is 34.9 Å². The van der Waals surface area contributed by atoms with Gasteiger partial charge in [-0.2, -0.15) is 0 Å². The van der Waals surface area contributed by atoms with Gasteiger partial charge in [-0.05, 0) is 30.4 Å². The summed E-state index contributed by atoms with van der Waals surface area (Å²) in [6.45, 7) is 0. The van der Waals surface area contributed by atoms with Gasteiger partial charge in [-0.15, -0.1) is 0 Å². The fourth-order valence-electron chi connectivity index (χ4n) is 2.67. The number of hydrogen-bond donors (Lipinski definition) is 2. The second kappa shape index (κ2) is 5.67. The minimum atomic E-state index is 0.203. The van der Waals surface area contributed by atoms with E-state index < -0.39 is 0 Å². The van der Waals surface area contributed by atoms with Gasteiger partial charge in [0.25, 0.3) is 0 Å². The van der Waals surface area contributed by atoms with Crippen molar-refractivity contribution >= 4 is 11.6 Å². The molecule has 3 N–H and O–H groups in total. The molecule has 0 bridgehead atoms. The van der Waals surface area contributed by atoms with Gasteiger partial charge in [-0.25, -0.2) is 0 Å². The summed E-state index contributed by atoms with van der Waals surface area (Å²) >= 11 is 6.22. The zero-order valence-electron chi connectivity index (χ0n) is 9.45. The van der Waals surface area contributed by atoms with Crippen LogP contribution in [0.5, 0.6) is 0 Å². The third kappa shape index (κ3) is 2.57. The van der Waals surface area contributed by atoms with Gasteiger partial charge in [0, 0.05) is 5.02 Å². The van der Waals surface area contributed by atoms with Crippen molar-refractivity contribution in [1.82, 2.24) is 5.43 Å². The molecule has 0 aliphatic heterocycles. The summed E-state index contributed by atoms with van der Waals surface area (Å²) in [5.41, 5.74) is 4.08. The molecule has 0 saturated heterocycles. The second-order valence-corrected chi connectivity index (χ2v) is 4.97. The Labute approximate surface area is 102 Å². The van der Waals surface area contributed by atoms with E-state index in [0.29, 0.717) is 5.92 Å². The molecule has 2 nitrogen and oxygen atoms in total. The van der Waals surface area contributed by atoms with E-state index in [9.17, 15) is 0 Å². The topological polar surface area (TPSA) is 38.0 Å². The molecular formula is C13H19ClN2. The molecule has 1 saturated carbocycles. The maximum Gasteiger partial charge on any atom is 0.0502 e. The number of rotatable bonds is 3. The monoisotopic (exact) mass is 238 g/mol. The van der Waals surface area contributed by atoms with Gasteiger partial charge >= 0.3 is 0 Å². The first-order valence-electron chi connectivity index (χ1n) is 6.03. The molecule has 1 aliphatic rings. The lowest BCUT2D eigenvalue weighted by Gasteiger charge is -2.30. The van der Waals surface area contributed by atoms with Crippen LogP contribution in [-0.4, -0.2) is 0 Å². The molecule has 0 heterocycles. The van der Waals surface area contributed by atoms with Gasteiger partial charge in [0.1, 0.15) is 0 Å². The van der Waals surface area contributed by atoms with Gasteiger partial charge in [-0.3, -0.25) is 11.3 Å². The van der Waals surface area contributed by atoms with Crippen LogP contribution in [0.1, 0.15) is 43.7 Å². The molecule has 1 atom stereocenters. The molecule has 16 heavy (non-hydrogen) atoms. The van der Waals surface area contributed by atoms with Crippen molar-refractivity contribution in [1.29, 1.82) is 0 Å². The third-order valence-corrected chi connectivity index (χ3v) is 3.89. The number of hydrogen-bond acceptors (Lipinski definition) is 2. The molecular weight excluding hydrogens is 220 g/mol. The van der Waals surface area contributed by atoms with Gasteiger partial charge in [0.2, 0.25) is 0 Å². The van der Waals surface area contributed by atoms with Crippen LogP contribution in [-0.2, 0) is 0 Å². The summed E-state index contributed by atoms with van der Waals surface area (Å²) in [4.78, 5) is 0. The third-order valence-electron chi connectivity index (χ3n) is 3.54. The van der Waals surface area contributed by atoms with Crippen LogP contribution in [0.25, 0.3) is 0 Å². The lowest BCUT2D eigenvalue weighted by molar-refractivity contribution is 0.273. The summed E-state index contributed by atoms with van der Waals surface area (Å²) in [5, 5.41) is 0.816. The van der Waals surface area contributed by atoms with Crippen molar-refractivity contribution in [2.45, 2.75) is 38.1 Å². The minimum Gasteiger partial charge on any atom is -0.271 e. The van der Waals surface area contributed by atoms with E-state index >= 15 is 0 Å². The molecule has 1 unspecified atom stereocenters. The van der Waals surface area contributed by atoms with Gasteiger partial charge in [0.05, 0.1) is 6.04 Å². The molecule has 1 fully saturated rings. The lowest BCUT2D eigenvalue weighted by Crippen LogP contribution is -2.34. The highest BCUT2D eigenvalue weighted by Gasteiger charge is 2.25. The van der Waals surface area contributed by atoms with Crippen molar-refractivity contribution in [3.8, 4) is 0 Å². The Morgan fingerprint density at radius 2 is 1.88 bits per heavy atom. The average Bonchev–Trinajstić information content (AvgIpc) is 2.34. The SMILES string of the molecule is NNC(c1ccccc1Cl)C1CCCCC1. The van der Waals surface area contributed by atoms with Crippen LogP contribution < -0.4 is 11.3 Å². The Morgan fingerprint density at radius 1 is 1.19 bits per heavy atom. The van der Waals surface area contributed by atoms with Crippen LogP contribution in [0.4, 0.5) is 0 Å². The number of nitrogens with two attached hydrogens (primary N) is 1. The van der Waals surface area contributed by atoms with Crippen LogP contribution >= 0.6 is 11.6 Å². The van der Waals surface area contributed by atoms with E-state index in [2.05, 4.69) is 11.5 Å². The first-order chi connectivity index (χ1) is 7.83. The molecule has 1 aromatic carbocycles. The summed E-state index contributed by atoms with van der Waals surface area (Å²) in [6, 6.07) is 8.19. The highest BCUT2D eigenvalue weighted by Crippen LogP contribution is 2.36. The van der Waals surface area contributed by atoms with Gasteiger partial charge in [0.15, 0.2) is 0 Å².